The zero-order valence-electron chi connectivity index (χ0n) is 19.1. The molecular formula is C24H27ClN2O5S. The minimum atomic E-state index is -4.10. The SMILES string of the molecule is COc1ccc(Cl)cc1NS(=O)(=O)c1c(C)c(C)cc2c(C)c(C(=O)N3CCCCC3)oc12. The molecule has 7 nitrogen and oxygen atoms in total. The van der Waals surface area contributed by atoms with Crippen LogP contribution in [0.15, 0.2) is 33.6 Å². The van der Waals surface area contributed by atoms with Gasteiger partial charge in [0.2, 0.25) is 0 Å². The summed E-state index contributed by atoms with van der Waals surface area (Å²) in [7, 11) is -2.65. The van der Waals surface area contributed by atoms with Crippen molar-refractivity contribution < 1.29 is 22.4 Å². The number of carbonyl (C=O) groups is 1. The van der Waals surface area contributed by atoms with Crippen molar-refractivity contribution in [3.8, 4) is 5.75 Å². The van der Waals surface area contributed by atoms with Crippen LogP contribution in [0, 0.1) is 20.8 Å². The number of methoxy groups -OCH3 is 1. The molecule has 1 aliphatic heterocycles. The third-order valence-electron chi connectivity index (χ3n) is 6.20. The highest BCUT2D eigenvalue weighted by Crippen LogP contribution is 2.37. The number of aryl methyl sites for hydroxylation is 2. The average molecular weight is 491 g/mol. The van der Waals surface area contributed by atoms with Crippen LogP contribution in [-0.2, 0) is 10.0 Å². The van der Waals surface area contributed by atoms with Gasteiger partial charge in [-0.1, -0.05) is 11.6 Å². The Labute approximate surface area is 198 Å². The van der Waals surface area contributed by atoms with E-state index in [0.29, 0.717) is 40.4 Å². The molecule has 1 amide bonds. The number of ether oxygens (including phenoxy) is 1. The van der Waals surface area contributed by atoms with Crippen molar-refractivity contribution in [2.24, 2.45) is 0 Å². The Morgan fingerprint density at radius 2 is 1.79 bits per heavy atom. The Bertz CT molecular complexity index is 1340. The summed E-state index contributed by atoms with van der Waals surface area (Å²) in [5.74, 6) is 0.321. The van der Waals surface area contributed by atoms with E-state index >= 15 is 0 Å². The molecular weight excluding hydrogens is 464 g/mol. The van der Waals surface area contributed by atoms with Crippen molar-refractivity contribution in [2.75, 3.05) is 24.9 Å². The molecule has 0 saturated carbocycles. The number of amides is 1. The van der Waals surface area contributed by atoms with Crippen LogP contribution in [0.3, 0.4) is 0 Å². The van der Waals surface area contributed by atoms with Gasteiger partial charge in [0.05, 0.1) is 12.8 Å². The molecule has 0 aliphatic carbocycles. The largest absolute Gasteiger partial charge is 0.495 e. The van der Waals surface area contributed by atoms with Gasteiger partial charge in [0.1, 0.15) is 10.6 Å². The van der Waals surface area contributed by atoms with E-state index in [1.54, 1.807) is 30.9 Å². The minimum Gasteiger partial charge on any atom is -0.495 e. The zero-order valence-corrected chi connectivity index (χ0v) is 20.7. The van der Waals surface area contributed by atoms with Gasteiger partial charge in [-0.05, 0) is 75.4 Å². The summed E-state index contributed by atoms with van der Waals surface area (Å²) in [5, 5.41) is 0.972. The number of fused-ring (bicyclic) bond motifs is 1. The monoisotopic (exact) mass is 490 g/mol. The third-order valence-corrected chi connectivity index (χ3v) is 7.96. The predicted molar refractivity (Wildman–Crippen MR) is 129 cm³/mol. The molecule has 2 heterocycles. The number of hydrogen-bond donors (Lipinski definition) is 1. The van der Waals surface area contributed by atoms with Gasteiger partial charge in [-0.15, -0.1) is 0 Å². The van der Waals surface area contributed by atoms with Crippen LogP contribution >= 0.6 is 11.6 Å². The van der Waals surface area contributed by atoms with Crippen molar-refractivity contribution in [1.82, 2.24) is 4.90 Å². The van der Waals surface area contributed by atoms with Gasteiger partial charge in [-0.25, -0.2) is 8.42 Å². The molecule has 0 spiro atoms. The quantitative estimate of drug-likeness (QED) is 0.514. The van der Waals surface area contributed by atoms with Gasteiger partial charge < -0.3 is 14.1 Å². The van der Waals surface area contributed by atoms with Crippen LogP contribution in [0.2, 0.25) is 5.02 Å². The second kappa shape index (κ2) is 8.91. The number of carbonyl (C=O) groups excluding carboxylic acids is 1. The molecule has 9 heteroatoms. The predicted octanol–water partition coefficient (Wildman–Crippen LogP) is 5.45. The number of likely N-dealkylation sites (tertiary alicyclic amines) is 1. The van der Waals surface area contributed by atoms with E-state index in [0.717, 1.165) is 24.8 Å². The Kier molecular flexibility index (Phi) is 6.33. The maximum absolute atomic E-state index is 13.6. The number of sulfonamides is 1. The van der Waals surface area contributed by atoms with Crippen molar-refractivity contribution in [3.05, 3.63) is 51.7 Å². The first-order valence-electron chi connectivity index (χ1n) is 10.8. The van der Waals surface area contributed by atoms with Crippen molar-refractivity contribution in [1.29, 1.82) is 0 Å². The molecule has 0 bridgehead atoms. The van der Waals surface area contributed by atoms with Gasteiger partial charge in [0.25, 0.3) is 15.9 Å². The molecule has 1 N–H and O–H groups in total. The number of hydrogen-bond acceptors (Lipinski definition) is 5. The van der Waals surface area contributed by atoms with Gasteiger partial charge in [-0.2, -0.15) is 0 Å². The lowest BCUT2D eigenvalue weighted by Gasteiger charge is -2.25. The molecule has 1 fully saturated rings. The fourth-order valence-corrected chi connectivity index (χ4v) is 5.95. The lowest BCUT2D eigenvalue weighted by Crippen LogP contribution is -2.35. The van der Waals surface area contributed by atoms with E-state index in [4.69, 9.17) is 20.8 Å². The number of furan rings is 1. The summed E-state index contributed by atoms with van der Waals surface area (Å²) in [5.41, 5.74) is 2.35. The highest BCUT2D eigenvalue weighted by atomic mass is 35.5. The maximum Gasteiger partial charge on any atom is 0.289 e. The second-order valence-corrected chi connectivity index (χ2v) is 10.4. The standard InChI is InChI=1S/C24H27ClN2O5S/c1-14-12-18-16(3)21(24(28)27-10-6-5-7-11-27)32-22(18)23(15(14)2)33(29,30)26-19-13-17(25)8-9-20(19)31-4/h8-9,12-13,26H,5-7,10-11H2,1-4H3. The Morgan fingerprint density at radius 3 is 2.45 bits per heavy atom. The minimum absolute atomic E-state index is 0.000299. The molecule has 1 aliphatic rings. The Morgan fingerprint density at radius 1 is 1.09 bits per heavy atom. The molecule has 176 valence electrons. The number of anilines is 1. The number of nitrogens with one attached hydrogen (secondary N) is 1. The van der Waals surface area contributed by atoms with Crippen molar-refractivity contribution in [3.63, 3.8) is 0 Å². The number of halogens is 1. The smallest absolute Gasteiger partial charge is 0.289 e. The van der Waals surface area contributed by atoms with E-state index in [1.807, 2.05) is 13.0 Å². The van der Waals surface area contributed by atoms with E-state index < -0.39 is 10.0 Å². The number of piperidine rings is 1. The van der Waals surface area contributed by atoms with E-state index in [-0.39, 0.29) is 27.8 Å². The van der Waals surface area contributed by atoms with Crippen molar-refractivity contribution in [2.45, 2.75) is 44.9 Å². The van der Waals surface area contributed by atoms with Gasteiger partial charge >= 0.3 is 0 Å². The van der Waals surface area contributed by atoms with E-state index in [9.17, 15) is 13.2 Å². The zero-order chi connectivity index (χ0) is 23.9. The molecule has 0 atom stereocenters. The van der Waals surface area contributed by atoms with E-state index in [2.05, 4.69) is 4.72 Å². The first-order valence-corrected chi connectivity index (χ1v) is 12.7. The molecule has 1 aromatic heterocycles. The molecule has 1 saturated heterocycles. The number of nitrogens with zero attached hydrogens (tertiary/aromatic N) is 1. The van der Waals surface area contributed by atoms with Crippen LogP contribution in [-0.4, -0.2) is 39.4 Å². The summed E-state index contributed by atoms with van der Waals surface area (Å²) in [6, 6.07) is 6.56. The Balaban J connectivity index is 1.86. The fourth-order valence-electron chi connectivity index (χ4n) is 4.27. The summed E-state index contributed by atoms with van der Waals surface area (Å²) in [6.07, 6.45) is 3.00. The molecule has 2 aromatic carbocycles. The average Bonchev–Trinajstić information content (AvgIpc) is 3.09. The van der Waals surface area contributed by atoms with E-state index in [1.165, 1.54) is 13.2 Å². The van der Waals surface area contributed by atoms with Crippen LogP contribution in [0.5, 0.6) is 5.75 Å². The molecule has 3 aromatic rings. The molecule has 4 rings (SSSR count). The first-order chi connectivity index (χ1) is 15.6. The van der Waals surface area contributed by atoms with Crippen LogP contribution in [0.1, 0.15) is 46.5 Å². The third kappa shape index (κ3) is 4.29. The lowest BCUT2D eigenvalue weighted by atomic mass is 10.0. The van der Waals surface area contributed by atoms with Crippen LogP contribution in [0.4, 0.5) is 5.69 Å². The Hall–Kier alpha value is -2.71. The summed E-state index contributed by atoms with van der Waals surface area (Å²) in [4.78, 5) is 14.9. The normalized spacial score (nSPS) is 14.5. The first kappa shape index (κ1) is 23.4. The molecule has 0 unspecified atom stereocenters. The summed E-state index contributed by atoms with van der Waals surface area (Å²) >= 11 is 6.08. The highest BCUT2D eigenvalue weighted by Gasteiger charge is 2.30. The maximum atomic E-state index is 13.6. The summed E-state index contributed by atoms with van der Waals surface area (Å²) < 4.78 is 41.1. The highest BCUT2D eigenvalue weighted by molar-refractivity contribution is 7.93. The molecule has 33 heavy (non-hydrogen) atoms. The number of benzene rings is 2. The number of rotatable bonds is 5. The van der Waals surface area contributed by atoms with Crippen LogP contribution < -0.4 is 9.46 Å². The topological polar surface area (TPSA) is 88.8 Å². The second-order valence-electron chi connectivity index (χ2n) is 8.38. The summed E-state index contributed by atoms with van der Waals surface area (Å²) in [6.45, 7) is 6.71. The lowest BCUT2D eigenvalue weighted by molar-refractivity contribution is 0.0693. The van der Waals surface area contributed by atoms with Crippen LogP contribution in [0.25, 0.3) is 11.0 Å². The van der Waals surface area contributed by atoms with Crippen molar-refractivity contribution >= 4 is 44.2 Å². The fraction of sp³-hybridized carbons (Fsp3) is 0.375. The van der Waals surface area contributed by atoms with Gasteiger partial charge in [0.15, 0.2) is 11.3 Å². The van der Waals surface area contributed by atoms with Gasteiger partial charge in [-0.3, -0.25) is 9.52 Å². The molecule has 0 radical (unpaired) electrons. The van der Waals surface area contributed by atoms with Gasteiger partial charge in [0, 0.05) is 29.1 Å².